The lowest BCUT2D eigenvalue weighted by Crippen LogP contribution is -2.57. The van der Waals surface area contributed by atoms with Crippen LogP contribution in [0.4, 0.5) is 4.79 Å². The van der Waals surface area contributed by atoms with Gasteiger partial charge in [-0.15, -0.1) is 0 Å². The van der Waals surface area contributed by atoms with E-state index in [-0.39, 0.29) is 17.4 Å². The molecule has 0 radical (unpaired) electrons. The molecular formula is C16H23N3O3. The van der Waals surface area contributed by atoms with Crippen molar-refractivity contribution in [2.45, 2.75) is 33.2 Å². The van der Waals surface area contributed by atoms with Crippen LogP contribution >= 0.6 is 0 Å². The van der Waals surface area contributed by atoms with Crippen LogP contribution in [0.25, 0.3) is 0 Å². The van der Waals surface area contributed by atoms with Crippen molar-refractivity contribution in [3.8, 4) is 0 Å². The largest absolute Gasteiger partial charge is 0.465 e. The molecule has 0 saturated carbocycles. The lowest BCUT2D eigenvalue weighted by molar-refractivity contribution is 0.0358. The molecule has 1 aromatic rings. The first-order valence-electron chi connectivity index (χ1n) is 7.48. The van der Waals surface area contributed by atoms with Crippen LogP contribution < -0.4 is 0 Å². The predicted octanol–water partition coefficient (Wildman–Crippen LogP) is 2.32. The Balaban J connectivity index is 2.20. The molecule has 6 nitrogen and oxygen atoms in total. The van der Waals surface area contributed by atoms with Crippen molar-refractivity contribution >= 4 is 12.0 Å². The van der Waals surface area contributed by atoms with Gasteiger partial charge in [-0.3, -0.25) is 9.78 Å². The molecule has 1 aliphatic heterocycles. The summed E-state index contributed by atoms with van der Waals surface area (Å²) in [6, 6.07) is 5.12. The van der Waals surface area contributed by atoms with Crippen LogP contribution in [0.15, 0.2) is 24.4 Å². The van der Waals surface area contributed by atoms with Gasteiger partial charge in [-0.25, -0.2) is 4.79 Å². The van der Waals surface area contributed by atoms with E-state index < -0.39 is 6.09 Å². The van der Waals surface area contributed by atoms with Gasteiger partial charge in [0.2, 0.25) is 0 Å². The molecule has 0 aromatic carbocycles. The number of nitrogens with zero attached hydrogens (tertiary/aromatic N) is 3. The molecule has 1 aromatic heterocycles. The van der Waals surface area contributed by atoms with Crippen LogP contribution in [0.3, 0.4) is 0 Å². The highest BCUT2D eigenvalue weighted by molar-refractivity contribution is 5.92. The second-order valence-electron chi connectivity index (χ2n) is 6.86. The number of carbonyl (C=O) groups excluding carboxylic acids is 1. The maximum Gasteiger partial charge on any atom is 0.407 e. The van der Waals surface area contributed by atoms with Crippen LogP contribution in [0.2, 0.25) is 0 Å². The van der Waals surface area contributed by atoms with Gasteiger partial charge in [0.1, 0.15) is 5.69 Å². The van der Waals surface area contributed by atoms with Crippen molar-refractivity contribution in [1.82, 2.24) is 14.8 Å². The van der Waals surface area contributed by atoms with Crippen LogP contribution in [0.5, 0.6) is 0 Å². The average molecular weight is 305 g/mol. The number of aromatic nitrogens is 1. The van der Waals surface area contributed by atoms with Crippen molar-refractivity contribution in [3.63, 3.8) is 0 Å². The molecule has 2 rings (SSSR count). The Bertz CT molecular complexity index is 539. The van der Waals surface area contributed by atoms with Gasteiger partial charge in [0.25, 0.3) is 5.91 Å². The van der Waals surface area contributed by atoms with E-state index >= 15 is 0 Å². The molecule has 1 fully saturated rings. The first-order chi connectivity index (χ1) is 10.3. The number of rotatable bonds is 2. The number of hydrogen-bond acceptors (Lipinski definition) is 3. The maximum absolute atomic E-state index is 12.7. The standard InChI is InChI=1S/C16H23N3O3/c1-16(2,3)10-12-11-18(15(21)22)8-9-19(12)14(20)13-6-4-5-7-17-13/h4-7,12H,8-11H2,1-3H3,(H,21,22)/t12-/m0/s1. The molecule has 0 bridgehead atoms. The Kier molecular flexibility index (Phi) is 4.68. The highest BCUT2D eigenvalue weighted by Gasteiger charge is 2.35. The van der Waals surface area contributed by atoms with E-state index in [1.807, 2.05) is 0 Å². The van der Waals surface area contributed by atoms with E-state index in [4.69, 9.17) is 0 Å². The van der Waals surface area contributed by atoms with Crippen molar-refractivity contribution in [1.29, 1.82) is 0 Å². The topological polar surface area (TPSA) is 73.7 Å². The minimum atomic E-state index is -0.927. The van der Waals surface area contributed by atoms with Crippen molar-refractivity contribution in [2.75, 3.05) is 19.6 Å². The third kappa shape index (κ3) is 3.96. The van der Waals surface area contributed by atoms with E-state index in [0.717, 1.165) is 6.42 Å². The van der Waals surface area contributed by atoms with E-state index in [0.29, 0.717) is 25.3 Å². The smallest absolute Gasteiger partial charge is 0.407 e. The zero-order chi connectivity index (χ0) is 16.3. The second kappa shape index (κ2) is 6.34. The third-order valence-electron chi connectivity index (χ3n) is 3.75. The summed E-state index contributed by atoms with van der Waals surface area (Å²) in [4.78, 5) is 31.2. The monoisotopic (exact) mass is 305 g/mol. The number of pyridine rings is 1. The summed E-state index contributed by atoms with van der Waals surface area (Å²) in [6.07, 6.45) is 1.42. The molecule has 1 N–H and O–H groups in total. The Morgan fingerprint density at radius 3 is 2.59 bits per heavy atom. The molecular weight excluding hydrogens is 282 g/mol. The van der Waals surface area contributed by atoms with Crippen molar-refractivity contribution in [3.05, 3.63) is 30.1 Å². The molecule has 0 unspecified atom stereocenters. The van der Waals surface area contributed by atoms with Gasteiger partial charge in [-0.05, 0) is 24.0 Å². The molecule has 2 amide bonds. The molecule has 0 aliphatic carbocycles. The van der Waals surface area contributed by atoms with Crippen LogP contribution in [-0.4, -0.2) is 57.6 Å². The van der Waals surface area contributed by atoms with Gasteiger partial charge >= 0.3 is 6.09 Å². The van der Waals surface area contributed by atoms with Crippen molar-refractivity contribution in [2.24, 2.45) is 5.41 Å². The molecule has 0 spiro atoms. The molecule has 1 aliphatic rings. The lowest BCUT2D eigenvalue weighted by Gasteiger charge is -2.42. The SMILES string of the molecule is CC(C)(C)C[C@H]1CN(C(=O)O)CCN1C(=O)c1ccccn1. The quantitative estimate of drug-likeness (QED) is 0.910. The zero-order valence-electron chi connectivity index (χ0n) is 13.3. The molecule has 6 heteroatoms. The third-order valence-corrected chi connectivity index (χ3v) is 3.75. The minimum absolute atomic E-state index is 0.00876. The summed E-state index contributed by atoms with van der Waals surface area (Å²) < 4.78 is 0. The normalized spacial score (nSPS) is 19.1. The Labute approximate surface area is 130 Å². The molecule has 22 heavy (non-hydrogen) atoms. The first kappa shape index (κ1) is 16.3. The predicted molar refractivity (Wildman–Crippen MR) is 82.7 cm³/mol. The lowest BCUT2D eigenvalue weighted by atomic mass is 9.86. The summed E-state index contributed by atoms with van der Waals surface area (Å²) in [5.41, 5.74) is 0.416. The average Bonchev–Trinajstić information content (AvgIpc) is 2.45. The molecule has 1 atom stereocenters. The fourth-order valence-corrected chi connectivity index (χ4v) is 2.81. The number of piperazine rings is 1. The molecule has 120 valence electrons. The maximum atomic E-state index is 12.7. The summed E-state index contributed by atoms with van der Waals surface area (Å²) in [7, 11) is 0. The van der Waals surface area contributed by atoms with Gasteiger partial charge in [-0.2, -0.15) is 0 Å². The summed E-state index contributed by atoms with van der Waals surface area (Å²) in [5, 5.41) is 9.21. The van der Waals surface area contributed by atoms with Crippen LogP contribution in [0, 0.1) is 5.41 Å². The number of carboxylic acid groups (broad SMARTS) is 1. The summed E-state index contributed by atoms with van der Waals surface area (Å²) in [5.74, 6) is -0.125. The van der Waals surface area contributed by atoms with Crippen LogP contribution in [0.1, 0.15) is 37.7 Å². The Hall–Kier alpha value is -2.11. The van der Waals surface area contributed by atoms with E-state index in [2.05, 4.69) is 25.8 Å². The number of hydrogen-bond donors (Lipinski definition) is 1. The zero-order valence-corrected chi connectivity index (χ0v) is 13.3. The Morgan fingerprint density at radius 1 is 1.32 bits per heavy atom. The van der Waals surface area contributed by atoms with Gasteiger partial charge in [-0.1, -0.05) is 26.8 Å². The van der Waals surface area contributed by atoms with Gasteiger partial charge in [0.05, 0.1) is 6.04 Å². The molecule has 1 saturated heterocycles. The number of amides is 2. The van der Waals surface area contributed by atoms with E-state index in [1.165, 1.54) is 4.90 Å². The highest BCUT2D eigenvalue weighted by Crippen LogP contribution is 2.27. The first-order valence-corrected chi connectivity index (χ1v) is 7.48. The van der Waals surface area contributed by atoms with Gasteiger partial charge in [0.15, 0.2) is 0 Å². The summed E-state index contributed by atoms with van der Waals surface area (Å²) >= 11 is 0. The fourth-order valence-electron chi connectivity index (χ4n) is 2.81. The summed E-state index contributed by atoms with van der Waals surface area (Å²) in [6.45, 7) is 7.38. The number of carbonyl (C=O) groups is 2. The van der Waals surface area contributed by atoms with Gasteiger partial charge < -0.3 is 14.9 Å². The fraction of sp³-hybridized carbons (Fsp3) is 0.562. The van der Waals surface area contributed by atoms with Crippen molar-refractivity contribution < 1.29 is 14.7 Å². The second-order valence-corrected chi connectivity index (χ2v) is 6.86. The van der Waals surface area contributed by atoms with Crippen LogP contribution in [-0.2, 0) is 0 Å². The molecule has 2 heterocycles. The minimum Gasteiger partial charge on any atom is -0.465 e. The highest BCUT2D eigenvalue weighted by atomic mass is 16.4. The van der Waals surface area contributed by atoms with E-state index in [9.17, 15) is 14.7 Å². The Morgan fingerprint density at radius 2 is 2.05 bits per heavy atom. The van der Waals surface area contributed by atoms with Gasteiger partial charge in [0, 0.05) is 25.8 Å². The van der Waals surface area contributed by atoms with E-state index in [1.54, 1.807) is 29.3 Å².